The predicted molar refractivity (Wildman–Crippen MR) is 116 cm³/mol. The molecule has 0 unspecified atom stereocenters. The molecule has 0 spiro atoms. The molecule has 1 N–H and O–H groups in total. The van der Waals surface area contributed by atoms with Gasteiger partial charge in [-0.3, -0.25) is 4.79 Å². The van der Waals surface area contributed by atoms with Crippen LogP contribution >= 0.6 is 0 Å². The van der Waals surface area contributed by atoms with Crippen LogP contribution in [0.5, 0.6) is 0 Å². The number of esters is 1. The quantitative estimate of drug-likeness (QED) is 0.575. The van der Waals surface area contributed by atoms with Gasteiger partial charge in [0, 0.05) is 11.8 Å². The molecule has 170 valence electrons. The van der Waals surface area contributed by atoms with Crippen LogP contribution in [0.15, 0.2) is 66.1 Å². The Kier molecular flexibility index (Phi) is 6.16. The number of carbonyl (C=O) groups is 2. The first-order chi connectivity index (χ1) is 15.9. The van der Waals surface area contributed by atoms with Crippen molar-refractivity contribution in [1.29, 1.82) is 0 Å². The molecule has 0 fully saturated rings. The molecule has 10 heteroatoms. The predicted octanol–water partition coefficient (Wildman–Crippen LogP) is 3.44. The molecule has 2 heterocycles. The summed E-state index contributed by atoms with van der Waals surface area (Å²) in [5.74, 6) is -2.44. The van der Waals surface area contributed by atoms with Crippen LogP contribution in [0.4, 0.5) is 20.4 Å². The van der Waals surface area contributed by atoms with E-state index in [-0.39, 0.29) is 18.8 Å². The summed E-state index contributed by atoms with van der Waals surface area (Å²) < 4.78 is 34.0. The lowest BCUT2D eigenvalue weighted by Gasteiger charge is -2.35. The molecule has 1 aromatic heterocycles. The zero-order valence-corrected chi connectivity index (χ0v) is 18.0. The Morgan fingerprint density at radius 2 is 1.91 bits per heavy atom. The average molecular weight is 453 g/mol. The number of rotatable bonds is 6. The van der Waals surface area contributed by atoms with Crippen molar-refractivity contribution in [2.24, 2.45) is 0 Å². The monoisotopic (exact) mass is 453 g/mol. The van der Waals surface area contributed by atoms with E-state index in [1.54, 1.807) is 18.5 Å². The van der Waals surface area contributed by atoms with Crippen LogP contribution in [-0.2, 0) is 14.3 Å². The highest BCUT2D eigenvalue weighted by Gasteiger charge is 2.38. The minimum Gasteiger partial charge on any atom is -0.463 e. The van der Waals surface area contributed by atoms with Crippen molar-refractivity contribution in [3.63, 3.8) is 0 Å². The van der Waals surface area contributed by atoms with Crippen LogP contribution in [0.25, 0.3) is 0 Å². The highest BCUT2D eigenvalue weighted by molar-refractivity contribution is 5.96. The standard InChI is InChI=1S/C23H21F2N5O3/c1-3-33-22(32)20-14(2)29(12-19(31)28-18-10-9-16(24)11-17(18)25)23-26-13-27-30(23)21(20)15-7-5-4-6-8-15/h4-11,13,21H,3,12H2,1-2H3,(H,28,31)/t21-/m1/s1. The molecule has 8 nitrogen and oxygen atoms in total. The lowest BCUT2D eigenvalue weighted by atomic mass is 9.95. The Morgan fingerprint density at radius 3 is 2.61 bits per heavy atom. The Morgan fingerprint density at radius 1 is 1.15 bits per heavy atom. The van der Waals surface area contributed by atoms with Crippen molar-refractivity contribution in [3.05, 3.63) is 83.3 Å². The van der Waals surface area contributed by atoms with E-state index in [0.717, 1.165) is 17.7 Å². The molecular formula is C23H21F2N5O3. The fraction of sp³-hybridized carbons (Fsp3) is 0.217. The van der Waals surface area contributed by atoms with Gasteiger partial charge >= 0.3 is 5.97 Å². The summed E-state index contributed by atoms with van der Waals surface area (Å²) >= 11 is 0. The Balaban J connectivity index is 1.71. The molecule has 0 radical (unpaired) electrons. The lowest BCUT2D eigenvalue weighted by Crippen LogP contribution is -2.41. The molecule has 0 aliphatic carbocycles. The smallest absolute Gasteiger partial charge is 0.338 e. The summed E-state index contributed by atoms with van der Waals surface area (Å²) in [6.07, 6.45) is 1.33. The molecule has 1 atom stereocenters. The lowest BCUT2D eigenvalue weighted by molar-refractivity contribution is -0.139. The minimum absolute atomic E-state index is 0.158. The second-order valence-electron chi connectivity index (χ2n) is 7.30. The van der Waals surface area contributed by atoms with Crippen molar-refractivity contribution < 1.29 is 23.1 Å². The van der Waals surface area contributed by atoms with E-state index in [2.05, 4.69) is 15.4 Å². The molecule has 3 aromatic rings. The minimum atomic E-state index is -0.895. The maximum absolute atomic E-state index is 14.0. The third-order valence-electron chi connectivity index (χ3n) is 5.23. The number of halogens is 2. The Bertz CT molecular complexity index is 1230. The molecule has 33 heavy (non-hydrogen) atoms. The van der Waals surface area contributed by atoms with Crippen molar-refractivity contribution >= 4 is 23.5 Å². The van der Waals surface area contributed by atoms with E-state index < -0.39 is 29.6 Å². The van der Waals surface area contributed by atoms with E-state index in [4.69, 9.17) is 4.74 Å². The zero-order valence-electron chi connectivity index (χ0n) is 18.0. The summed E-state index contributed by atoms with van der Waals surface area (Å²) in [6, 6.07) is 11.6. The average Bonchev–Trinajstić information content (AvgIpc) is 3.27. The number of nitrogens with one attached hydrogen (secondary N) is 1. The van der Waals surface area contributed by atoms with Crippen LogP contribution in [-0.4, -0.2) is 39.8 Å². The summed E-state index contributed by atoms with van der Waals surface area (Å²) in [5, 5.41) is 6.72. The Labute approximate surface area is 188 Å². The highest BCUT2D eigenvalue weighted by atomic mass is 19.1. The summed E-state index contributed by atoms with van der Waals surface area (Å²) in [5.41, 5.74) is 1.40. The first kappa shape index (κ1) is 22.1. The number of anilines is 2. The van der Waals surface area contributed by atoms with Gasteiger partial charge in [-0.1, -0.05) is 30.3 Å². The summed E-state index contributed by atoms with van der Waals surface area (Å²) in [7, 11) is 0. The van der Waals surface area contributed by atoms with E-state index in [1.165, 1.54) is 11.2 Å². The number of aromatic nitrogens is 3. The van der Waals surface area contributed by atoms with Crippen LogP contribution < -0.4 is 10.2 Å². The second-order valence-corrected chi connectivity index (χ2v) is 7.30. The van der Waals surface area contributed by atoms with Gasteiger partial charge in [0.1, 0.15) is 30.5 Å². The molecule has 1 aliphatic rings. The van der Waals surface area contributed by atoms with Gasteiger partial charge in [-0.05, 0) is 31.5 Å². The van der Waals surface area contributed by atoms with Gasteiger partial charge in [0.2, 0.25) is 11.9 Å². The van der Waals surface area contributed by atoms with Crippen molar-refractivity contribution in [3.8, 4) is 0 Å². The van der Waals surface area contributed by atoms with Gasteiger partial charge in [0.25, 0.3) is 0 Å². The maximum atomic E-state index is 14.0. The van der Waals surface area contributed by atoms with Gasteiger partial charge in [-0.15, -0.1) is 0 Å². The number of amides is 1. The fourth-order valence-corrected chi connectivity index (χ4v) is 3.76. The summed E-state index contributed by atoms with van der Waals surface area (Å²) in [4.78, 5) is 31.5. The second kappa shape index (κ2) is 9.19. The van der Waals surface area contributed by atoms with E-state index >= 15 is 0 Å². The van der Waals surface area contributed by atoms with Gasteiger partial charge in [-0.2, -0.15) is 10.1 Å². The zero-order chi connectivity index (χ0) is 23.5. The van der Waals surface area contributed by atoms with E-state index in [9.17, 15) is 18.4 Å². The number of ether oxygens (including phenoxy) is 1. The van der Waals surface area contributed by atoms with Crippen LogP contribution in [0.2, 0.25) is 0 Å². The van der Waals surface area contributed by atoms with Crippen LogP contribution in [0.1, 0.15) is 25.5 Å². The molecule has 1 aliphatic heterocycles. The van der Waals surface area contributed by atoms with Crippen LogP contribution in [0, 0.1) is 11.6 Å². The van der Waals surface area contributed by atoms with E-state index in [0.29, 0.717) is 23.3 Å². The molecule has 1 amide bonds. The maximum Gasteiger partial charge on any atom is 0.338 e. The first-order valence-electron chi connectivity index (χ1n) is 10.3. The number of benzene rings is 2. The third-order valence-corrected chi connectivity index (χ3v) is 5.23. The topological polar surface area (TPSA) is 89.3 Å². The highest BCUT2D eigenvalue weighted by Crippen LogP contribution is 2.38. The third kappa shape index (κ3) is 4.32. The van der Waals surface area contributed by atoms with Gasteiger partial charge in [0.15, 0.2) is 0 Å². The number of nitrogens with zero attached hydrogens (tertiary/aromatic N) is 4. The summed E-state index contributed by atoms with van der Waals surface area (Å²) in [6.45, 7) is 3.28. The van der Waals surface area contributed by atoms with Gasteiger partial charge in [0.05, 0.1) is 17.9 Å². The van der Waals surface area contributed by atoms with Crippen molar-refractivity contribution in [1.82, 2.24) is 14.8 Å². The van der Waals surface area contributed by atoms with E-state index in [1.807, 2.05) is 30.3 Å². The van der Waals surface area contributed by atoms with Gasteiger partial charge in [-0.25, -0.2) is 18.3 Å². The molecule has 0 saturated carbocycles. The molecule has 4 rings (SSSR count). The molecule has 0 saturated heterocycles. The number of fused-ring (bicyclic) bond motifs is 1. The van der Waals surface area contributed by atoms with Crippen molar-refractivity contribution in [2.75, 3.05) is 23.4 Å². The SMILES string of the molecule is CCOC(=O)C1=C(C)N(CC(=O)Nc2ccc(F)cc2F)c2ncnn2[C@@H]1c1ccccc1. The molecular weight excluding hydrogens is 432 g/mol. The number of hydrogen-bond donors (Lipinski definition) is 1. The normalized spacial score (nSPS) is 15.3. The largest absolute Gasteiger partial charge is 0.463 e. The number of hydrogen-bond acceptors (Lipinski definition) is 6. The van der Waals surface area contributed by atoms with Gasteiger partial charge < -0.3 is 15.0 Å². The van der Waals surface area contributed by atoms with Crippen molar-refractivity contribution in [2.45, 2.75) is 19.9 Å². The number of allylic oxidation sites excluding steroid dienone is 1. The Hall–Kier alpha value is -4.08. The van der Waals surface area contributed by atoms with Crippen LogP contribution in [0.3, 0.4) is 0 Å². The first-order valence-corrected chi connectivity index (χ1v) is 10.3. The number of carbonyl (C=O) groups excluding carboxylic acids is 2. The molecule has 2 aromatic carbocycles. The molecule has 0 bridgehead atoms. The fourth-order valence-electron chi connectivity index (χ4n) is 3.76.